The van der Waals surface area contributed by atoms with Crippen LogP contribution in [0.15, 0.2) is 42.5 Å². The van der Waals surface area contributed by atoms with Crippen LogP contribution < -0.4 is 10.6 Å². The molecule has 2 aromatic rings. The van der Waals surface area contributed by atoms with Crippen LogP contribution in [0.2, 0.25) is 0 Å². The van der Waals surface area contributed by atoms with Crippen LogP contribution >= 0.6 is 0 Å². The first-order chi connectivity index (χ1) is 14.0. The average molecular weight is 391 g/mol. The highest BCUT2D eigenvalue weighted by molar-refractivity contribution is 6.00. The second kappa shape index (κ2) is 8.03. The first-order valence-corrected chi connectivity index (χ1v) is 10.4. The second-order valence-electron chi connectivity index (χ2n) is 8.31. The van der Waals surface area contributed by atoms with Crippen molar-refractivity contribution in [2.45, 2.75) is 39.2 Å². The van der Waals surface area contributed by atoms with Gasteiger partial charge in [-0.15, -0.1) is 0 Å². The molecule has 0 saturated heterocycles. The number of methoxy groups -OCH3 is 1. The fraction of sp³-hybridized carbons (Fsp3) is 0.400. The minimum Gasteiger partial charge on any atom is -0.383 e. The third-order valence-corrected chi connectivity index (χ3v) is 6.28. The van der Waals surface area contributed by atoms with E-state index in [9.17, 15) is 4.79 Å². The Morgan fingerprint density at radius 2 is 1.97 bits per heavy atom. The fourth-order valence-electron chi connectivity index (χ4n) is 5.14. The van der Waals surface area contributed by atoms with E-state index in [1.54, 1.807) is 7.11 Å². The summed E-state index contributed by atoms with van der Waals surface area (Å²) >= 11 is 0. The van der Waals surface area contributed by atoms with E-state index in [0.29, 0.717) is 30.6 Å². The number of para-hydroxylation sites is 1. The molecule has 4 nitrogen and oxygen atoms in total. The van der Waals surface area contributed by atoms with Gasteiger partial charge in [0.1, 0.15) is 0 Å². The maximum Gasteiger partial charge on any atom is 0.253 e. The van der Waals surface area contributed by atoms with Crippen LogP contribution in [0.5, 0.6) is 0 Å². The molecule has 0 saturated carbocycles. The lowest BCUT2D eigenvalue weighted by molar-refractivity contribution is 0.0937. The molecule has 1 amide bonds. The zero-order valence-corrected chi connectivity index (χ0v) is 17.7. The van der Waals surface area contributed by atoms with E-state index in [1.807, 2.05) is 12.1 Å². The lowest BCUT2D eigenvalue weighted by atomic mass is 9.74. The molecule has 152 valence electrons. The lowest BCUT2D eigenvalue weighted by Gasteiger charge is -2.39. The summed E-state index contributed by atoms with van der Waals surface area (Å²) in [5.41, 5.74) is 8.20. The molecule has 29 heavy (non-hydrogen) atoms. The number of rotatable bonds is 5. The third kappa shape index (κ3) is 3.58. The smallest absolute Gasteiger partial charge is 0.253 e. The molecule has 4 heteroatoms. The van der Waals surface area contributed by atoms with Crippen LogP contribution in [-0.4, -0.2) is 26.2 Å². The summed E-state index contributed by atoms with van der Waals surface area (Å²) in [7, 11) is 1.64. The average Bonchev–Trinajstić information content (AvgIpc) is 3.17. The van der Waals surface area contributed by atoms with Gasteiger partial charge in [-0.2, -0.15) is 0 Å². The van der Waals surface area contributed by atoms with E-state index in [2.05, 4.69) is 61.8 Å². The largest absolute Gasteiger partial charge is 0.383 e. The number of hydrogen-bond donors (Lipinski definition) is 2. The van der Waals surface area contributed by atoms with Crippen molar-refractivity contribution in [1.29, 1.82) is 0 Å². The highest BCUT2D eigenvalue weighted by Crippen LogP contribution is 2.51. The van der Waals surface area contributed by atoms with Gasteiger partial charge in [-0.3, -0.25) is 4.79 Å². The van der Waals surface area contributed by atoms with Crippen molar-refractivity contribution < 1.29 is 9.53 Å². The van der Waals surface area contributed by atoms with Crippen molar-refractivity contribution in [3.63, 3.8) is 0 Å². The zero-order valence-electron chi connectivity index (χ0n) is 17.7. The van der Waals surface area contributed by atoms with E-state index >= 15 is 0 Å². The number of amides is 1. The molecule has 2 N–H and O–H groups in total. The first-order valence-electron chi connectivity index (χ1n) is 10.4. The summed E-state index contributed by atoms with van der Waals surface area (Å²) in [5, 5.41) is 6.77. The fourth-order valence-corrected chi connectivity index (χ4v) is 5.14. The summed E-state index contributed by atoms with van der Waals surface area (Å²) < 4.78 is 5.07. The predicted octanol–water partition coefficient (Wildman–Crippen LogP) is 4.81. The second-order valence-corrected chi connectivity index (χ2v) is 8.31. The van der Waals surface area contributed by atoms with Crippen LogP contribution in [0.4, 0.5) is 5.69 Å². The number of carbonyl (C=O) groups is 1. The minimum atomic E-state index is -0.0528. The minimum absolute atomic E-state index is 0.0528. The van der Waals surface area contributed by atoms with Gasteiger partial charge in [0.2, 0.25) is 0 Å². The summed E-state index contributed by atoms with van der Waals surface area (Å²) in [6.45, 7) is 7.56. The quantitative estimate of drug-likeness (QED) is 0.569. The van der Waals surface area contributed by atoms with Gasteiger partial charge < -0.3 is 15.4 Å². The van der Waals surface area contributed by atoms with E-state index in [4.69, 9.17) is 4.74 Å². The maximum atomic E-state index is 12.9. The van der Waals surface area contributed by atoms with Crippen molar-refractivity contribution in [3.05, 3.63) is 75.9 Å². The summed E-state index contributed by atoms with van der Waals surface area (Å²) in [5.74, 6) is 0.750. The summed E-state index contributed by atoms with van der Waals surface area (Å²) in [6, 6.07) is 10.8. The molecule has 0 radical (unpaired) electrons. The van der Waals surface area contributed by atoms with E-state index in [1.165, 1.54) is 27.8 Å². The number of ether oxygens (including phenoxy) is 1. The number of carbonyl (C=O) groups excluding carboxylic acids is 1. The highest BCUT2D eigenvalue weighted by Gasteiger charge is 2.40. The molecule has 4 rings (SSSR count). The van der Waals surface area contributed by atoms with Gasteiger partial charge in [0.15, 0.2) is 0 Å². The Bertz CT molecular complexity index is 940. The van der Waals surface area contributed by atoms with Crippen molar-refractivity contribution in [3.8, 4) is 0 Å². The standard InChI is InChI=1S/C25H30N2O2/c1-15-13-16(2)22(17(3)14-15)24-20-9-5-7-18(20)19-8-6-10-21(23(19)27-24)25(28)26-11-12-29-4/h5-8,10,13-14,18,20,24,27H,9,11-12H2,1-4H3,(H,26,28). The summed E-state index contributed by atoms with van der Waals surface area (Å²) in [4.78, 5) is 12.9. The van der Waals surface area contributed by atoms with E-state index in [-0.39, 0.29) is 11.9 Å². The van der Waals surface area contributed by atoms with Gasteiger partial charge in [-0.05, 0) is 61.4 Å². The van der Waals surface area contributed by atoms with Gasteiger partial charge in [0.25, 0.3) is 5.91 Å². The van der Waals surface area contributed by atoms with Gasteiger partial charge in [-0.1, -0.05) is 42.0 Å². The van der Waals surface area contributed by atoms with Crippen molar-refractivity contribution >= 4 is 11.6 Å². The van der Waals surface area contributed by atoms with Crippen molar-refractivity contribution in [1.82, 2.24) is 5.32 Å². The van der Waals surface area contributed by atoms with Crippen molar-refractivity contribution in [2.24, 2.45) is 5.92 Å². The van der Waals surface area contributed by atoms with Gasteiger partial charge in [-0.25, -0.2) is 0 Å². The van der Waals surface area contributed by atoms with Crippen molar-refractivity contribution in [2.75, 3.05) is 25.6 Å². The molecular weight excluding hydrogens is 360 g/mol. The van der Waals surface area contributed by atoms with Crippen LogP contribution in [0.25, 0.3) is 0 Å². The topological polar surface area (TPSA) is 50.4 Å². The molecule has 1 aliphatic carbocycles. The molecule has 0 fully saturated rings. The van der Waals surface area contributed by atoms with Gasteiger partial charge in [0, 0.05) is 19.6 Å². The Morgan fingerprint density at radius 3 is 2.69 bits per heavy atom. The molecule has 2 aliphatic rings. The molecule has 3 unspecified atom stereocenters. The zero-order chi connectivity index (χ0) is 20.5. The Balaban J connectivity index is 1.76. The molecular formula is C25H30N2O2. The number of nitrogens with one attached hydrogen (secondary N) is 2. The summed E-state index contributed by atoms with van der Waals surface area (Å²) in [6.07, 6.45) is 5.67. The monoisotopic (exact) mass is 390 g/mol. The first kappa shape index (κ1) is 19.7. The number of benzene rings is 2. The Labute approximate surface area is 173 Å². The normalized spacial score (nSPS) is 22.0. The number of hydrogen-bond acceptors (Lipinski definition) is 3. The number of allylic oxidation sites excluding steroid dienone is 2. The van der Waals surface area contributed by atoms with E-state index in [0.717, 1.165) is 12.1 Å². The number of anilines is 1. The molecule has 2 aromatic carbocycles. The van der Waals surface area contributed by atoms with Crippen LogP contribution in [-0.2, 0) is 4.74 Å². The van der Waals surface area contributed by atoms with Gasteiger partial charge >= 0.3 is 0 Å². The molecule has 1 aliphatic heterocycles. The Hall–Kier alpha value is -2.59. The van der Waals surface area contributed by atoms with E-state index < -0.39 is 0 Å². The van der Waals surface area contributed by atoms with Crippen LogP contribution in [0, 0.1) is 26.7 Å². The van der Waals surface area contributed by atoms with Crippen LogP contribution in [0.1, 0.15) is 56.6 Å². The molecule has 1 heterocycles. The molecule has 0 spiro atoms. The molecule has 0 bridgehead atoms. The molecule has 3 atom stereocenters. The SMILES string of the molecule is COCCNC(=O)c1cccc2c1NC(c1c(C)cc(C)cc1C)C1CC=CC21. The van der Waals surface area contributed by atoms with Crippen LogP contribution in [0.3, 0.4) is 0 Å². The maximum absolute atomic E-state index is 12.9. The van der Waals surface area contributed by atoms with Gasteiger partial charge in [0.05, 0.1) is 23.9 Å². The highest BCUT2D eigenvalue weighted by atomic mass is 16.5. The third-order valence-electron chi connectivity index (χ3n) is 6.28. The number of fused-ring (bicyclic) bond motifs is 3. The molecule has 0 aromatic heterocycles. The Kier molecular flexibility index (Phi) is 5.46. The lowest BCUT2D eigenvalue weighted by Crippen LogP contribution is -2.33. The Morgan fingerprint density at radius 1 is 1.21 bits per heavy atom. The predicted molar refractivity (Wildman–Crippen MR) is 118 cm³/mol. The number of aryl methyl sites for hydroxylation is 3.